The number of ether oxygens (including phenoxy) is 1. The number of carbonyl (C=O) groups excluding carboxylic acids is 1. The van der Waals surface area contributed by atoms with Crippen molar-refractivity contribution in [1.82, 2.24) is 5.32 Å². The second kappa shape index (κ2) is 9.19. The van der Waals surface area contributed by atoms with Gasteiger partial charge in [0.15, 0.2) is 9.84 Å². The highest BCUT2D eigenvalue weighted by atomic mass is 79.9. The van der Waals surface area contributed by atoms with Crippen molar-refractivity contribution in [2.45, 2.75) is 31.3 Å². The Bertz CT molecular complexity index is 851. The molecule has 1 N–H and O–H groups in total. The minimum atomic E-state index is -3.33. The standard InChI is InChI=1S/C19H22BrNO4S/c1-14(2)25-18-13-15(20)9-10-17(18)19(22)21-11-6-12-26(23,24)16-7-4-3-5-8-16/h3-5,7-10,13-14H,6,11-12H2,1-2H3,(H,21,22). The van der Waals surface area contributed by atoms with Gasteiger partial charge in [0, 0.05) is 11.0 Å². The number of hydrogen-bond acceptors (Lipinski definition) is 4. The van der Waals surface area contributed by atoms with Gasteiger partial charge in [0.2, 0.25) is 0 Å². The van der Waals surface area contributed by atoms with Crippen LogP contribution in [0, 0.1) is 0 Å². The van der Waals surface area contributed by atoms with E-state index in [4.69, 9.17) is 4.74 Å². The fourth-order valence-corrected chi connectivity index (χ4v) is 4.01. The number of carbonyl (C=O) groups is 1. The minimum Gasteiger partial charge on any atom is -0.490 e. The molecule has 0 fully saturated rings. The van der Waals surface area contributed by atoms with Crippen LogP contribution in [0.15, 0.2) is 57.9 Å². The zero-order valence-corrected chi connectivity index (χ0v) is 17.1. The van der Waals surface area contributed by atoms with Gasteiger partial charge >= 0.3 is 0 Å². The van der Waals surface area contributed by atoms with Gasteiger partial charge in [-0.15, -0.1) is 0 Å². The van der Waals surface area contributed by atoms with Gasteiger partial charge in [-0.25, -0.2) is 8.42 Å². The number of hydrogen-bond donors (Lipinski definition) is 1. The summed E-state index contributed by atoms with van der Waals surface area (Å²) in [4.78, 5) is 12.7. The van der Waals surface area contributed by atoms with Gasteiger partial charge in [-0.05, 0) is 50.6 Å². The average Bonchev–Trinajstić information content (AvgIpc) is 2.59. The summed E-state index contributed by atoms with van der Waals surface area (Å²) in [6, 6.07) is 13.5. The Balaban J connectivity index is 1.93. The zero-order valence-electron chi connectivity index (χ0n) is 14.7. The van der Waals surface area contributed by atoms with Gasteiger partial charge in [-0.2, -0.15) is 0 Å². The van der Waals surface area contributed by atoms with Crippen molar-refractivity contribution in [3.05, 3.63) is 58.6 Å². The van der Waals surface area contributed by atoms with Gasteiger partial charge in [-0.3, -0.25) is 4.79 Å². The highest BCUT2D eigenvalue weighted by molar-refractivity contribution is 9.10. The van der Waals surface area contributed by atoms with E-state index >= 15 is 0 Å². The molecule has 26 heavy (non-hydrogen) atoms. The molecule has 0 saturated carbocycles. The molecule has 0 aromatic heterocycles. The van der Waals surface area contributed by atoms with Crippen LogP contribution in [0.3, 0.4) is 0 Å². The van der Waals surface area contributed by atoms with Crippen molar-refractivity contribution >= 4 is 31.7 Å². The molecule has 2 aromatic rings. The maximum atomic E-state index is 12.4. The Morgan fingerprint density at radius 1 is 1.15 bits per heavy atom. The molecule has 0 unspecified atom stereocenters. The maximum Gasteiger partial charge on any atom is 0.255 e. The number of amides is 1. The van der Waals surface area contributed by atoms with E-state index in [9.17, 15) is 13.2 Å². The molecule has 0 saturated heterocycles. The Morgan fingerprint density at radius 2 is 1.85 bits per heavy atom. The third-order valence-electron chi connectivity index (χ3n) is 3.53. The second-order valence-corrected chi connectivity index (χ2v) is 9.07. The Morgan fingerprint density at radius 3 is 2.50 bits per heavy atom. The van der Waals surface area contributed by atoms with Gasteiger partial charge in [0.1, 0.15) is 5.75 Å². The lowest BCUT2D eigenvalue weighted by molar-refractivity contribution is 0.0948. The van der Waals surface area contributed by atoms with Gasteiger partial charge in [0.25, 0.3) is 5.91 Å². The SMILES string of the molecule is CC(C)Oc1cc(Br)ccc1C(=O)NCCCS(=O)(=O)c1ccccc1. The fourth-order valence-electron chi connectivity index (χ4n) is 2.34. The first kappa shape index (κ1) is 20.5. The van der Waals surface area contributed by atoms with Crippen molar-refractivity contribution in [2.75, 3.05) is 12.3 Å². The molecule has 2 aromatic carbocycles. The van der Waals surface area contributed by atoms with Crippen LogP contribution in [0.5, 0.6) is 5.75 Å². The maximum absolute atomic E-state index is 12.4. The highest BCUT2D eigenvalue weighted by Gasteiger charge is 2.16. The molecule has 0 atom stereocenters. The molecule has 1 amide bonds. The third-order valence-corrected chi connectivity index (χ3v) is 5.84. The number of halogens is 1. The predicted molar refractivity (Wildman–Crippen MR) is 105 cm³/mol. The van der Waals surface area contributed by atoms with Crippen molar-refractivity contribution < 1.29 is 17.9 Å². The summed E-state index contributed by atoms with van der Waals surface area (Å²) in [5.41, 5.74) is 0.424. The lowest BCUT2D eigenvalue weighted by Gasteiger charge is -2.14. The summed E-state index contributed by atoms with van der Waals surface area (Å²) >= 11 is 3.36. The van der Waals surface area contributed by atoms with Crippen molar-refractivity contribution in [2.24, 2.45) is 0 Å². The van der Waals surface area contributed by atoms with Gasteiger partial charge in [0.05, 0.1) is 22.3 Å². The molecular weight excluding hydrogens is 418 g/mol. The summed E-state index contributed by atoms with van der Waals surface area (Å²) in [6.45, 7) is 4.04. The average molecular weight is 440 g/mol. The quantitative estimate of drug-likeness (QED) is 0.634. The normalized spacial score (nSPS) is 11.4. The molecule has 0 bridgehead atoms. The largest absolute Gasteiger partial charge is 0.490 e. The molecule has 0 heterocycles. The minimum absolute atomic E-state index is 0.0209. The van der Waals surface area contributed by atoms with Crippen LogP contribution in [0.25, 0.3) is 0 Å². The highest BCUT2D eigenvalue weighted by Crippen LogP contribution is 2.24. The molecule has 0 aliphatic carbocycles. The van der Waals surface area contributed by atoms with E-state index in [1.807, 2.05) is 13.8 Å². The molecule has 140 valence electrons. The molecule has 5 nitrogen and oxygen atoms in total. The molecule has 7 heteroatoms. The number of benzene rings is 2. The Kier molecular flexibility index (Phi) is 7.23. The summed E-state index contributed by atoms with van der Waals surface area (Å²) in [5, 5.41) is 2.76. The number of sulfone groups is 1. The molecule has 0 spiro atoms. The van der Waals surface area contributed by atoms with Crippen molar-refractivity contribution in [1.29, 1.82) is 0 Å². The Labute approximate surface area is 162 Å². The van der Waals surface area contributed by atoms with E-state index < -0.39 is 9.84 Å². The predicted octanol–water partition coefficient (Wildman–Crippen LogP) is 3.83. The topological polar surface area (TPSA) is 72.5 Å². The van der Waals surface area contributed by atoms with Crippen LogP contribution < -0.4 is 10.1 Å². The van der Waals surface area contributed by atoms with E-state index in [-0.39, 0.29) is 24.3 Å². The van der Waals surface area contributed by atoms with E-state index in [2.05, 4.69) is 21.2 Å². The van der Waals surface area contributed by atoms with E-state index in [0.29, 0.717) is 22.6 Å². The van der Waals surface area contributed by atoms with E-state index in [1.165, 1.54) is 0 Å². The molecule has 0 aliphatic rings. The zero-order chi connectivity index (χ0) is 19.2. The van der Waals surface area contributed by atoms with Crippen LogP contribution >= 0.6 is 15.9 Å². The first-order chi connectivity index (χ1) is 12.3. The Hall–Kier alpha value is -1.86. The van der Waals surface area contributed by atoms with E-state index in [1.54, 1.807) is 48.5 Å². The first-order valence-corrected chi connectivity index (χ1v) is 10.8. The van der Waals surface area contributed by atoms with Crippen LogP contribution in [0.4, 0.5) is 0 Å². The van der Waals surface area contributed by atoms with Crippen molar-refractivity contribution in [3.63, 3.8) is 0 Å². The summed E-state index contributed by atoms with van der Waals surface area (Å²) in [7, 11) is -3.33. The summed E-state index contributed by atoms with van der Waals surface area (Å²) in [6.07, 6.45) is 0.270. The monoisotopic (exact) mass is 439 g/mol. The lowest BCUT2D eigenvalue weighted by Crippen LogP contribution is -2.27. The van der Waals surface area contributed by atoms with Crippen LogP contribution in [-0.2, 0) is 9.84 Å². The smallest absolute Gasteiger partial charge is 0.255 e. The fraction of sp³-hybridized carbons (Fsp3) is 0.316. The van der Waals surface area contributed by atoms with Gasteiger partial charge < -0.3 is 10.1 Å². The molecule has 0 aliphatic heterocycles. The number of nitrogens with one attached hydrogen (secondary N) is 1. The lowest BCUT2D eigenvalue weighted by atomic mass is 10.2. The van der Waals surface area contributed by atoms with Gasteiger partial charge in [-0.1, -0.05) is 34.1 Å². The molecule has 0 radical (unpaired) electrons. The summed E-state index contributed by atoms with van der Waals surface area (Å²) in [5.74, 6) is 0.182. The van der Waals surface area contributed by atoms with Crippen molar-refractivity contribution in [3.8, 4) is 5.75 Å². The summed E-state index contributed by atoms with van der Waals surface area (Å²) < 4.78 is 30.9. The first-order valence-electron chi connectivity index (χ1n) is 8.32. The van der Waals surface area contributed by atoms with Crippen LogP contribution in [0.1, 0.15) is 30.6 Å². The van der Waals surface area contributed by atoms with Crippen LogP contribution in [0.2, 0.25) is 0 Å². The van der Waals surface area contributed by atoms with Crippen LogP contribution in [-0.4, -0.2) is 32.7 Å². The van der Waals surface area contributed by atoms with E-state index in [0.717, 1.165) is 4.47 Å². The third kappa shape index (κ3) is 5.85. The second-order valence-electron chi connectivity index (χ2n) is 6.05. The molecule has 2 rings (SSSR count). The number of rotatable bonds is 8. The molecular formula is C19H22BrNO4S.